The van der Waals surface area contributed by atoms with Crippen LogP contribution in [-0.2, 0) is 9.53 Å². The van der Waals surface area contributed by atoms with E-state index in [1.54, 1.807) is 0 Å². The zero-order valence-corrected chi connectivity index (χ0v) is 11.1. The molecular formula is C11H24N2O4. The van der Waals surface area contributed by atoms with Gasteiger partial charge in [0.05, 0.1) is 6.54 Å². The number of rotatable bonds is 4. The van der Waals surface area contributed by atoms with Crippen LogP contribution in [0, 0.1) is 0 Å². The summed E-state index contributed by atoms with van der Waals surface area (Å²) in [6.45, 7) is 8.06. The van der Waals surface area contributed by atoms with Crippen LogP contribution in [-0.4, -0.2) is 35.9 Å². The summed E-state index contributed by atoms with van der Waals surface area (Å²) < 4.78 is 5.03. The van der Waals surface area contributed by atoms with E-state index in [9.17, 15) is 9.59 Å². The van der Waals surface area contributed by atoms with E-state index in [2.05, 4.69) is 18.0 Å². The molecule has 0 spiro atoms. The molecule has 0 fully saturated rings. The molecule has 0 radical (unpaired) electrons. The molecule has 0 saturated carbocycles. The average molecular weight is 248 g/mol. The monoisotopic (exact) mass is 248 g/mol. The molecule has 17 heavy (non-hydrogen) atoms. The molecule has 0 unspecified atom stereocenters. The summed E-state index contributed by atoms with van der Waals surface area (Å²) >= 11 is 0. The molecule has 0 atom stereocenters. The van der Waals surface area contributed by atoms with Crippen molar-refractivity contribution in [2.24, 2.45) is 5.73 Å². The van der Waals surface area contributed by atoms with Crippen LogP contribution in [0.2, 0.25) is 0 Å². The predicted octanol–water partition coefficient (Wildman–Crippen LogP) is 1.34. The Kier molecular flexibility index (Phi) is 10.5. The molecule has 102 valence electrons. The van der Waals surface area contributed by atoms with Crippen molar-refractivity contribution in [1.29, 1.82) is 0 Å². The van der Waals surface area contributed by atoms with Gasteiger partial charge in [-0.15, -0.1) is 0 Å². The van der Waals surface area contributed by atoms with Crippen LogP contribution >= 0.6 is 0 Å². The maximum Gasteiger partial charge on any atom is 0.407 e. The van der Waals surface area contributed by atoms with Gasteiger partial charge in [0, 0.05) is 6.54 Å². The minimum atomic E-state index is -0.968. The fraction of sp³-hybridized carbons (Fsp3) is 0.818. The number of hydrogen-bond donors (Lipinski definition) is 3. The van der Waals surface area contributed by atoms with Crippen molar-refractivity contribution >= 4 is 12.1 Å². The Balaban J connectivity index is 0. The molecule has 6 nitrogen and oxygen atoms in total. The smallest absolute Gasteiger partial charge is 0.407 e. The normalized spacial score (nSPS) is 9.94. The maximum atomic E-state index is 11.0. The van der Waals surface area contributed by atoms with Gasteiger partial charge in [0.2, 0.25) is 0 Å². The van der Waals surface area contributed by atoms with Gasteiger partial charge in [-0.3, -0.25) is 4.79 Å². The first-order valence-electron chi connectivity index (χ1n) is 5.61. The third-order valence-corrected chi connectivity index (χ3v) is 1.37. The van der Waals surface area contributed by atoms with Gasteiger partial charge in [0.25, 0.3) is 0 Å². The third-order valence-electron chi connectivity index (χ3n) is 1.37. The van der Waals surface area contributed by atoms with Gasteiger partial charge in [-0.2, -0.15) is 0 Å². The minimum absolute atomic E-state index is 0.278. The van der Waals surface area contributed by atoms with Crippen molar-refractivity contribution in [1.82, 2.24) is 5.32 Å². The highest BCUT2D eigenvalue weighted by atomic mass is 16.6. The molecule has 0 bridgehead atoms. The minimum Gasteiger partial charge on any atom is -0.480 e. The van der Waals surface area contributed by atoms with Crippen LogP contribution in [0.1, 0.15) is 40.5 Å². The highest BCUT2D eigenvalue weighted by Crippen LogP contribution is 2.06. The second kappa shape index (κ2) is 9.89. The molecular weight excluding hydrogens is 224 g/mol. The number of nitrogens with two attached hydrogens (primary N) is 1. The first-order chi connectivity index (χ1) is 7.72. The van der Waals surface area contributed by atoms with Crippen LogP contribution in [0.25, 0.3) is 0 Å². The second-order valence-electron chi connectivity index (χ2n) is 4.38. The third kappa shape index (κ3) is 20.7. The molecule has 4 N–H and O–H groups in total. The highest BCUT2D eigenvalue weighted by molar-refractivity contribution is 5.68. The number of carbonyl (C=O) groups is 2. The zero-order chi connectivity index (χ0) is 13.9. The van der Waals surface area contributed by atoms with Crippen molar-refractivity contribution in [2.45, 2.75) is 46.1 Å². The van der Waals surface area contributed by atoms with Crippen molar-refractivity contribution in [3.05, 3.63) is 0 Å². The van der Waals surface area contributed by atoms with Crippen LogP contribution in [0.5, 0.6) is 0 Å². The number of carbonyl (C=O) groups excluding carboxylic acids is 1. The molecule has 6 heteroatoms. The Morgan fingerprint density at radius 2 is 1.82 bits per heavy atom. The lowest BCUT2D eigenvalue weighted by Gasteiger charge is -2.19. The quantitative estimate of drug-likeness (QED) is 0.652. The molecule has 0 aliphatic heterocycles. The Hall–Kier alpha value is -1.30. The number of ether oxygens (including phenoxy) is 1. The van der Waals surface area contributed by atoms with Gasteiger partial charge in [0.15, 0.2) is 0 Å². The van der Waals surface area contributed by atoms with E-state index < -0.39 is 11.6 Å². The van der Waals surface area contributed by atoms with E-state index in [0.29, 0.717) is 6.54 Å². The van der Waals surface area contributed by atoms with Crippen molar-refractivity contribution in [3.8, 4) is 0 Å². The van der Waals surface area contributed by atoms with Gasteiger partial charge in [-0.05, 0) is 27.2 Å². The molecule has 1 amide bonds. The summed E-state index contributed by atoms with van der Waals surface area (Å²) in [6, 6.07) is 0. The molecule has 0 aromatic heterocycles. The summed E-state index contributed by atoms with van der Waals surface area (Å²) in [5.74, 6) is -0.968. The lowest BCUT2D eigenvalue weighted by molar-refractivity contribution is -0.135. The van der Waals surface area contributed by atoms with Crippen molar-refractivity contribution < 1.29 is 19.4 Å². The number of hydrogen-bond acceptors (Lipinski definition) is 4. The fourth-order valence-electron chi connectivity index (χ4n) is 0.681. The van der Waals surface area contributed by atoms with Gasteiger partial charge < -0.3 is 20.9 Å². The largest absolute Gasteiger partial charge is 0.480 e. The standard InChI is InChI=1S/C9H19NO2.C2H5NO2/c1-5-6-7-10-8(11)12-9(2,3)4;3-1-2(4)5/h5-7H2,1-4H3,(H,10,11);1,3H2,(H,4,5). The fourth-order valence-corrected chi connectivity index (χ4v) is 0.681. The van der Waals surface area contributed by atoms with Gasteiger partial charge in [-0.25, -0.2) is 4.79 Å². The van der Waals surface area contributed by atoms with Crippen molar-refractivity contribution in [3.63, 3.8) is 0 Å². The number of carboxylic acids is 1. The SMILES string of the molecule is CCCCNC(=O)OC(C)(C)C.NCC(=O)O. The predicted molar refractivity (Wildman–Crippen MR) is 65.8 cm³/mol. The number of carboxylic acid groups (broad SMARTS) is 1. The van der Waals surface area contributed by atoms with Gasteiger partial charge in [-0.1, -0.05) is 13.3 Å². The van der Waals surface area contributed by atoms with Gasteiger partial charge >= 0.3 is 12.1 Å². The van der Waals surface area contributed by atoms with Crippen LogP contribution in [0.15, 0.2) is 0 Å². The van der Waals surface area contributed by atoms with E-state index in [1.807, 2.05) is 20.8 Å². The number of amides is 1. The Morgan fingerprint density at radius 3 is 2.12 bits per heavy atom. The Labute approximate surface area is 103 Å². The molecule has 0 heterocycles. The summed E-state index contributed by atoms with van der Waals surface area (Å²) in [5, 5.41) is 10.3. The summed E-state index contributed by atoms with van der Waals surface area (Å²) in [4.78, 5) is 20.2. The lowest BCUT2D eigenvalue weighted by atomic mass is 10.2. The molecule has 0 aromatic rings. The molecule has 0 aromatic carbocycles. The van der Waals surface area contributed by atoms with Crippen LogP contribution in [0.3, 0.4) is 0 Å². The number of alkyl carbamates (subject to hydrolysis) is 1. The van der Waals surface area contributed by atoms with Crippen LogP contribution in [0.4, 0.5) is 4.79 Å². The number of nitrogens with one attached hydrogen (secondary N) is 1. The van der Waals surface area contributed by atoms with Gasteiger partial charge in [0.1, 0.15) is 5.60 Å². The maximum absolute atomic E-state index is 11.0. The molecule has 0 rings (SSSR count). The van der Waals surface area contributed by atoms with Crippen molar-refractivity contribution in [2.75, 3.05) is 13.1 Å². The molecule has 0 aliphatic rings. The van der Waals surface area contributed by atoms with E-state index >= 15 is 0 Å². The first kappa shape index (κ1) is 18.1. The molecule has 0 aliphatic carbocycles. The molecule has 0 saturated heterocycles. The highest BCUT2D eigenvalue weighted by Gasteiger charge is 2.14. The number of aliphatic carboxylic acids is 1. The topological polar surface area (TPSA) is 102 Å². The number of unbranched alkanes of at least 4 members (excludes halogenated alkanes) is 1. The average Bonchev–Trinajstić information content (AvgIpc) is 2.16. The zero-order valence-electron chi connectivity index (χ0n) is 11.1. The lowest BCUT2D eigenvalue weighted by Crippen LogP contribution is -2.32. The van der Waals surface area contributed by atoms with E-state index in [0.717, 1.165) is 12.8 Å². The Morgan fingerprint density at radius 1 is 1.35 bits per heavy atom. The first-order valence-corrected chi connectivity index (χ1v) is 5.61. The summed E-state index contributed by atoms with van der Waals surface area (Å²) in [7, 11) is 0. The van der Waals surface area contributed by atoms with Crippen LogP contribution < -0.4 is 11.1 Å². The van der Waals surface area contributed by atoms with E-state index in [4.69, 9.17) is 9.84 Å². The Bertz CT molecular complexity index is 224. The summed E-state index contributed by atoms with van der Waals surface area (Å²) in [6.07, 6.45) is 1.76. The summed E-state index contributed by atoms with van der Waals surface area (Å²) in [5.41, 5.74) is 4.18. The van der Waals surface area contributed by atoms with E-state index in [-0.39, 0.29) is 12.6 Å². The second-order valence-corrected chi connectivity index (χ2v) is 4.38. The van der Waals surface area contributed by atoms with E-state index in [1.165, 1.54) is 0 Å².